The molecule has 3 N–H and O–H groups in total. The van der Waals surface area contributed by atoms with Gasteiger partial charge in [-0.2, -0.15) is 0 Å². The molecule has 1 aromatic heterocycles. The van der Waals surface area contributed by atoms with Gasteiger partial charge in [0.05, 0.1) is 36.9 Å². The second kappa shape index (κ2) is 14.1. The number of anilines is 2. The number of nitrogens with one attached hydrogen (secondary N) is 3. The molecule has 3 aromatic carbocycles. The van der Waals surface area contributed by atoms with Crippen LogP contribution in [-0.4, -0.2) is 37.7 Å². The fraction of sp³-hybridized carbons (Fsp3) is 0.100. The maximum absolute atomic E-state index is 13.2. The van der Waals surface area contributed by atoms with Crippen molar-refractivity contribution in [2.75, 3.05) is 30.6 Å². The van der Waals surface area contributed by atoms with Crippen LogP contribution in [0.4, 0.5) is 11.4 Å². The third-order valence-corrected chi connectivity index (χ3v) is 6.86. The Morgan fingerprint density at radius 3 is 2.39 bits per heavy atom. The summed E-state index contributed by atoms with van der Waals surface area (Å²) >= 11 is 7.46. The van der Waals surface area contributed by atoms with Gasteiger partial charge in [0.15, 0.2) is 0 Å². The summed E-state index contributed by atoms with van der Waals surface area (Å²) in [5.74, 6) is 0.0484. The van der Waals surface area contributed by atoms with E-state index >= 15 is 0 Å². The minimum absolute atomic E-state index is 0.00154. The smallest absolute Gasteiger partial charge is 0.272 e. The number of halogens is 1. The lowest BCUT2D eigenvalue weighted by Gasteiger charge is -2.13. The third kappa shape index (κ3) is 8.17. The van der Waals surface area contributed by atoms with Crippen molar-refractivity contribution in [1.29, 1.82) is 0 Å². The molecule has 0 atom stereocenters. The van der Waals surface area contributed by atoms with E-state index in [2.05, 4.69) is 16.0 Å². The highest BCUT2D eigenvalue weighted by Gasteiger charge is 2.17. The first-order chi connectivity index (χ1) is 19.9. The van der Waals surface area contributed by atoms with Crippen LogP contribution in [0.25, 0.3) is 6.08 Å². The average molecular weight is 592 g/mol. The normalized spacial score (nSPS) is 11.0. The summed E-state index contributed by atoms with van der Waals surface area (Å²) < 4.78 is 15.8. The van der Waals surface area contributed by atoms with Crippen LogP contribution in [0.5, 0.6) is 11.5 Å². The first-order valence-corrected chi connectivity index (χ1v) is 13.6. The van der Waals surface area contributed by atoms with Crippen LogP contribution in [-0.2, 0) is 9.59 Å². The van der Waals surface area contributed by atoms with E-state index in [0.29, 0.717) is 39.2 Å². The minimum Gasteiger partial charge on any atom is -0.495 e. The molecule has 4 rings (SSSR count). The van der Waals surface area contributed by atoms with Gasteiger partial charge in [0.25, 0.3) is 11.8 Å². The van der Waals surface area contributed by atoms with Crippen LogP contribution in [0, 0.1) is 0 Å². The molecule has 0 saturated carbocycles. The van der Waals surface area contributed by atoms with E-state index < -0.39 is 11.8 Å². The lowest BCUT2D eigenvalue weighted by Crippen LogP contribution is -2.30. The zero-order chi connectivity index (χ0) is 29.2. The van der Waals surface area contributed by atoms with Gasteiger partial charge in [0.2, 0.25) is 5.91 Å². The number of amides is 3. The molecule has 41 heavy (non-hydrogen) atoms. The van der Waals surface area contributed by atoms with Gasteiger partial charge in [-0.25, -0.2) is 0 Å². The van der Waals surface area contributed by atoms with E-state index in [-0.39, 0.29) is 17.4 Å². The number of ether oxygens (including phenoxy) is 2. The largest absolute Gasteiger partial charge is 0.495 e. The zero-order valence-corrected chi connectivity index (χ0v) is 23.7. The molecule has 0 fully saturated rings. The number of benzene rings is 3. The molecule has 0 radical (unpaired) electrons. The molecular weight excluding hydrogens is 566 g/mol. The third-order valence-electron chi connectivity index (χ3n) is 5.57. The van der Waals surface area contributed by atoms with E-state index in [4.69, 9.17) is 25.5 Å². The predicted molar refractivity (Wildman–Crippen MR) is 160 cm³/mol. The highest BCUT2D eigenvalue weighted by atomic mass is 35.5. The van der Waals surface area contributed by atoms with Crippen molar-refractivity contribution in [3.8, 4) is 11.5 Å². The standard InChI is InChI=1S/C30H26ClN3O6S/c1-38-26-17-27(39-2)24(16-23(26)31)33-28(35)18-41-22-12-6-10-20(14-22)32-30(37)25(15-21-11-7-13-40-21)34-29(36)19-8-4-3-5-9-19/h3-17H,18H2,1-2H3,(H,32,37)(H,33,35)(H,34,36)/b25-15-. The molecule has 0 aliphatic rings. The maximum Gasteiger partial charge on any atom is 0.272 e. The molecule has 0 bridgehead atoms. The van der Waals surface area contributed by atoms with E-state index in [9.17, 15) is 14.4 Å². The molecule has 0 unspecified atom stereocenters. The Balaban J connectivity index is 1.41. The van der Waals surface area contributed by atoms with Crippen LogP contribution >= 0.6 is 23.4 Å². The second-order valence-electron chi connectivity index (χ2n) is 8.40. The van der Waals surface area contributed by atoms with Crippen molar-refractivity contribution in [3.05, 3.63) is 107 Å². The summed E-state index contributed by atoms with van der Waals surface area (Å²) in [5.41, 5.74) is 1.29. The molecule has 0 spiro atoms. The van der Waals surface area contributed by atoms with Crippen molar-refractivity contribution in [3.63, 3.8) is 0 Å². The topological polar surface area (TPSA) is 119 Å². The summed E-state index contributed by atoms with van der Waals surface area (Å²) in [5, 5.41) is 8.57. The van der Waals surface area contributed by atoms with Crippen molar-refractivity contribution in [1.82, 2.24) is 5.32 Å². The molecule has 11 heteroatoms. The van der Waals surface area contributed by atoms with Crippen molar-refractivity contribution >= 4 is 58.5 Å². The van der Waals surface area contributed by atoms with Gasteiger partial charge in [-0.3, -0.25) is 14.4 Å². The van der Waals surface area contributed by atoms with Crippen LogP contribution in [0.3, 0.4) is 0 Å². The summed E-state index contributed by atoms with van der Waals surface area (Å²) in [6.07, 6.45) is 2.91. The summed E-state index contributed by atoms with van der Waals surface area (Å²) in [6.45, 7) is 0. The number of carbonyl (C=O) groups is 3. The van der Waals surface area contributed by atoms with Crippen molar-refractivity contribution < 1.29 is 28.3 Å². The molecule has 210 valence electrons. The van der Waals surface area contributed by atoms with E-state index in [1.54, 1.807) is 72.8 Å². The molecule has 3 amide bonds. The number of hydrogen-bond acceptors (Lipinski definition) is 7. The van der Waals surface area contributed by atoms with Crippen LogP contribution in [0.15, 0.2) is 100 Å². The molecular formula is C30H26ClN3O6S. The average Bonchev–Trinajstić information content (AvgIpc) is 3.50. The number of furan rings is 1. The lowest BCUT2D eigenvalue weighted by molar-refractivity contribution is -0.114. The van der Waals surface area contributed by atoms with Gasteiger partial charge in [0, 0.05) is 28.3 Å². The Labute approximate surface area is 245 Å². The minimum atomic E-state index is -0.547. The van der Waals surface area contributed by atoms with Gasteiger partial charge in [0.1, 0.15) is 23.0 Å². The first kappa shape index (κ1) is 29.3. The Bertz CT molecular complexity index is 1560. The monoisotopic (exact) mass is 591 g/mol. The van der Waals surface area contributed by atoms with E-state index in [1.165, 1.54) is 38.3 Å². The Kier molecular flexibility index (Phi) is 10.1. The number of methoxy groups -OCH3 is 2. The second-order valence-corrected chi connectivity index (χ2v) is 9.86. The lowest BCUT2D eigenvalue weighted by atomic mass is 10.2. The molecule has 1 heterocycles. The van der Waals surface area contributed by atoms with E-state index in [1.807, 2.05) is 6.07 Å². The Hall–Kier alpha value is -4.67. The van der Waals surface area contributed by atoms with Gasteiger partial charge >= 0.3 is 0 Å². The number of carbonyl (C=O) groups excluding carboxylic acids is 3. The van der Waals surface area contributed by atoms with Gasteiger partial charge < -0.3 is 29.8 Å². The summed E-state index contributed by atoms with van der Waals surface area (Å²) in [6, 6.07) is 22.0. The fourth-order valence-electron chi connectivity index (χ4n) is 3.61. The Morgan fingerprint density at radius 1 is 0.902 bits per heavy atom. The maximum atomic E-state index is 13.2. The summed E-state index contributed by atoms with van der Waals surface area (Å²) in [4.78, 5) is 39.3. The molecule has 0 aliphatic carbocycles. The first-order valence-electron chi connectivity index (χ1n) is 12.2. The summed E-state index contributed by atoms with van der Waals surface area (Å²) in [7, 11) is 2.97. The van der Waals surface area contributed by atoms with Gasteiger partial charge in [-0.15, -0.1) is 11.8 Å². The predicted octanol–water partition coefficient (Wildman–Crippen LogP) is 6.09. The highest BCUT2D eigenvalue weighted by molar-refractivity contribution is 8.00. The molecule has 0 aliphatic heterocycles. The van der Waals surface area contributed by atoms with Crippen LogP contribution in [0.1, 0.15) is 16.1 Å². The number of rotatable bonds is 11. The van der Waals surface area contributed by atoms with Crippen molar-refractivity contribution in [2.45, 2.75) is 4.90 Å². The number of hydrogen-bond donors (Lipinski definition) is 3. The molecule has 4 aromatic rings. The fourth-order valence-corrected chi connectivity index (χ4v) is 4.61. The van der Waals surface area contributed by atoms with Gasteiger partial charge in [-0.05, 0) is 48.5 Å². The van der Waals surface area contributed by atoms with Crippen LogP contribution in [0.2, 0.25) is 5.02 Å². The highest BCUT2D eigenvalue weighted by Crippen LogP contribution is 2.36. The number of thioether (sulfide) groups is 1. The SMILES string of the molecule is COc1cc(OC)c(NC(=O)CSc2cccc(NC(=O)/C(=C/c3ccco3)NC(=O)c3ccccc3)c2)cc1Cl. The quantitative estimate of drug-likeness (QED) is 0.143. The molecule has 0 saturated heterocycles. The molecule has 9 nitrogen and oxygen atoms in total. The van der Waals surface area contributed by atoms with Gasteiger partial charge in [-0.1, -0.05) is 35.9 Å². The zero-order valence-electron chi connectivity index (χ0n) is 22.1. The van der Waals surface area contributed by atoms with Crippen LogP contribution < -0.4 is 25.4 Å². The van der Waals surface area contributed by atoms with Crippen molar-refractivity contribution in [2.24, 2.45) is 0 Å². The Morgan fingerprint density at radius 2 is 1.68 bits per heavy atom. The van der Waals surface area contributed by atoms with E-state index in [0.717, 1.165) is 4.90 Å².